The van der Waals surface area contributed by atoms with E-state index in [4.69, 9.17) is 0 Å². The van der Waals surface area contributed by atoms with Crippen molar-refractivity contribution in [1.29, 1.82) is 0 Å². The number of hydrazone groups is 1. The largest absolute Gasteiger partial charge is 0.270 e. The van der Waals surface area contributed by atoms with E-state index in [2.05, 4.69) is 43.9 Å². The van der Waals surface area contributed by atoms with E-state index in [-0.39, 0.29) is 0 Å². The van der Waals surface area contributed by atoms with E-state index in [1.807, 2.05) is 6.21 Å². The van der Waals surface area contributed by atoms with Crippen molar-refractivity contribution in [1.82, 2.24) is 5.01 Å². The third-order valence-electron chi connectivity index (χ3n) is 4.13. The first kappa shape index (κ1) is 18.3. The van der Waals surface area contributed by atoms with Crippen molar-refractivity contribution in [3.05, 3.63) is 11.8 Å². The second-order valence-corrected chi connectivity index (χ2v) is 7.24. The SMILES string of the molecule is CC(C)CCCCCCC1=CCC=NN1CCCC(C)C. The molecule has 2 nitrogen and oxygen atoms in total. The highest BCUT2D eigenvalue weighted by atomic mass is 15.5. The fourth-order valence-electron chi connectivity index (χ4n) is 2.81. The number of nitrogens with zero attached hydrogens (tertiary/aromatic N) is 2. The molecule has 21 heavy (non-hydrogen) atoms. The number of rotatable bonds is 11. The molecule has 0 aliphatic carbocycles. The maximum absolute atomic E-state index is 4.59. The predicted molar refractivity (Wildman–Crippen MR) is 94.5 cm³/mol. The summed E-state index contributed by atoms with van der Waals surface area (Å²) in [6.45, 7) is 10.3. The average molecular weight is 293 g/mol. The highest BCUT2D eigenvalue weighted by Gasteiger charge is 2.10. The lowest BCUT2D eigenvalue weighted by Crippen LogP contribution is -2.21. The molecule has 0 saturated carbocycles. The molecule has 0 atom stereocenters. The van der Waals surface area contributed by atoms with Crippen LogP contribution in [0, 0.1) is 11.8 Å². The molecule has 0 saturated heterocycles. The van der Waals surface area contributed by atoms with Gasteiger partial charge in [0.15, 0.2) is 0 Å². The van der Waals surface area contributed by atoms with Crippen LogP contribution in [0.3, 0.4) is 0 Å². The lowest BCUT2D eigenvalue weighted by Gasteiger charge is -2.25. The fourth-order valence-corrected chi connectivity index (χ4v) is 2.81. The molecular formula is C19H36N2. The van der Waals surface area contributed by atoms with Crippen molar-refractivity contribution < 1.29 is 0 Å². The minimum atomic E-state index is 0.798. The summed E-state index contributed by atoms with van der Waals surface area (Å²) >= 11 is 0. The summed E-state index contributed by atoms with van der Waals surface area (Å²) in [5, 5.41) is 6.84. The van der Waals surface area contributed by atoms with E-state index in [0.717, 1.165) is 24.8 Å². The standard InChI is InChI=1S/C19H36N2/c1-17(2)11-7-5-6-8-13-19-14-9-15-20-21(19)16-10-12-18(3)4/h14-15,17-18H,5-13,16H2,1-4H3. The van der Waals surface area contributed by atoms with E-state index < -0.39 is 0 Å². The molecule has 1 aliphatic rings. The Morgan fingerprint density at radius 3 is 2.33 bits per heavy atom. The summed E-state index contributed by atoms with van der Waals surface area (Å²) in [4.78, 5) is 0. The minimum Gasteiger partial charge on any atom is -0.270 e. The van der Waals surface area contributed by atoms with Crippen LogP contribution < -0.4 is 0 Å². The van der Waals surface area contributed by atoms with Crippen LogP contribution in [0.15, 0.2) is 16.9 Å². The molecule has 122 valence electrons. The Kier molecular flexibility index (Phi) is 9.45. The predicted octanol–water partition coefficient (Wildman–Crippen LogP) is 5.99. The molecule has 0 aromatic heterocycles. The summed E-state index contributed by atoms with van der Waals surface area (Å²) in [5.74, 6) is 1.66. The smallest absolute Gasteiger partial charge is 0.0412 e. The van der Waals surface area contributed by atoms with Gasteiger partial charge in [-0.05, 0) is 37.5 Å². The van der Waals surface area contributed by atoms with Gasteiger partial charge in [-0.3, -0.25) is 5.01 Å². The van der Waals surface area contributed by atoms with Gasteiger partial charge in [0.25, 0.3) is 0 Å². The number of unbranched alkanes of at least 4 members (excludes halogenated alkanes) is 3. The Morgan fingerprint density at radius 2 is 1.62 bits per heavy atom. The first-order chi connectivity index (χ1) is 10.1. The van der Waals surface area contributed by atoms with Crippen LogP contribution >= 0.6 is 0 Å². The maximum atomic E-state index is 4.59. The lowest BCUT2D eigenvalue weighted by molar-refractivity contribution is 0.324. The molecule has 1 rings (SSSR count). The Bertz CT molecular complexity index is 316. The molecule has 2 heteroatoms. The van der Waals surface area contributed by atoms with Crippen molar-refractivity contribution in [2.75, 3.05) is 6.54 Å². The first-order valence-electron chi connectivity index (χ1n) is 9.08. The zero-order valence-electron chi connectivity index (χ0n) is 14.8. The highest BCUT2D eigenvalue weighted by molar-refractivity contribution is 5.60. The van der Waals surface area contributed by atoms with Crippen LogP contribution in [0.25, 0.3) is 0 Å². The molecule has 0 N–H and O–H groups in total. The Balaban J connectivity index is 2.17. The van der Waals surface area contributed by atoms with E-state index in [0.29, 0.717) is 0 Å². The quantitative estimate of drug-likeness (QED) is 0.427. The van der Waals surface area contributed by atoms with Gasteiger partial charge < -0.3 is 0 Å². The molecule has 0 radical (unpaired) electrons. The third-order valence-corrected chi connectivity index (χ3v) is 4.13. The Labute approximate surface area is 132 Å². The molecular weight excluding hydrogens is 256 g/mol. The van der Waals surface area contributed by atoms with Crippen molar-refractivity contribution in [2.24, 2.45) is 16.9 Å². The van der Waals surface area contributed by atoms with Gasteiger partial charge in [0.05, 0.1) is 0 Å². The van der Waals surface area contributed by atoms with Crippen molar-refractivity contribution in [2.45, 2.75) is 85.5 Å². The van der Waals surface area contributed by atoms with Gasteiger partial charge in [-0.15, -0.1) is 0 Å². The van der Waals surface area contributed by atoms with E-state index >= 15 is 0 Å². The molecule has 1 heterocycles. The summed E-state index contributed by atoms with van der Waals surface area (Å²) in [6.07, 6.45) is 16.1. The topological polar surface area (TPSA) is 15.6 Å². The molecule has 1 aliphatic heterocycles. The monoisotopic (exact) mass is 292 g/mol. The first-order valence-corrected chi connectivity index (χ1v) is 9.08. The van der Waals surface area contributed by atoms with Crippen molar-refractivity contribution in [3.63, 3.8) is 0 Å². The summed E-state index contributed by atoms with van der Waals surface area (Å²) < 4.78 is 0. The second kappa shape index (κ2) is 10.9. The summed E-state index contributed by atoms with van der Waals surface area (Å²) in [5.41, 5.74) is 1.46. The van der Waals surface area contributed by atoms with Crippen LogP contribution in [0.1, 0.15) is 85.5 Å². The van der Waals surface area contributed by atoms with Gasteiger partial charge in [-0.25, -0.2) is 0 Å². The van der Waals surface area contributed by atoms with Crippen LogP contribution in [0.2, 0.25) is 0 Å². The van der Waals surface area contributed by atoms with Crippen molar-refractivity contribution in [3.8, 4) is 0 Å². The highest BCUT2D eigenvalue weighted by Crippen LogP contribution is 2.20. The molecule has 0 amide bonds. The van der Waals surface area contributed by atoms with Gasteiger partial charge in [0.1, 0.15) is 0 Å². The number of hydrogen-bond acceptors (Lipinski definition) is 2. The number of allylic oxidation sites excluding steroid dienone is 2. The van der Waals surface area contributed by atoms with Crippen LogP contribution in [0.5, 0.6) is 0 Å². The Hall–Kier alpha value is -0.790. The lowest BCUT2D eigenvalue weighted by atomic mass is 10.0. The molecule has 0 spiro atoms. The van der Waals surface area contributed by atoms with Gasteiger partial charge in [0, 0.05) is 24.9 Å². The zero-order valence-corrected chi connectivity index (χ0v) is 14.8. The molecule has 0 fully saturated rings. The Morgan fingerprint density at radius 1 is 0.952 bits per heavy atom. The molecule has 0 unspecified atom stereocenters. The maximum Gasteiger partial charge on any atom is 0.0412 e. The van der Waals surface area contributed by atoms with Gasteiger partial charge in [-0.2, -0.15) is 5.10 Å². The van der Waals surface area contributed by atoms with Gasteiger partial charge in [0.2, 0.25) is 0 Å². The number of hydrogen-bond donors (Lipinski definition) is 0. The van der Waals surface area contributed by atoms with E-state index in [1.165, 1.54) is 57.1 Å². The zero-order chi connectivity index (χ0) is 15.5. The minimum absolute atomic E-state index is 0.798. The fraction of sp³-hybridized carbons (Fsp3) is 0.842. The second-order valence-electron chi connectivity index (χ2n) is 7.24. The molecule has 0 bridgehead atoms. The summed E-state index contributed by atoms with van der Waals surface area (Å²) in [7, 11) is 0. The van der Waals surface area contributed by atoms with Crippen LogP contribution in [-0.4, -0.2) is 17.8 Å². The molecule has 0 aromatic carbocycles. The van der Waals surface area contributed by atoms with Gasteiger partial charge >= 0.3 is 0 Å². The molecule has 0 aromatic rings. The van der Waals surface area contributed by atoms with Crippen LogP contribution in [-0.2, 0) is 0 Å². The van der Waals surface area contributed by atoms with Crippen molar-refractivity contribution >= 4 is 6.21 Å². The van der Waals surface area contributed by atoms with E-state index in [9.17, 15) is 0 Å². The normalized spacial score (nSPS) is 15.1. The van der Waals surface area contributed by atoms with E-state index in [1.54, 1.807) is 0 Å². The van der Waals surface area contributed by atoms with Crippen LogP contribution in [0.4, 0.5) is 0 Å². The average Bonchev–Trinajstić information content (AvgIpc) is 2.43. The van der Waals surface area contributed by atoms with Gasteiger partial charge in [-0.1, -0.05) is 59.5 Å². The third kappa shape index (κ3) is 8.95. The summed E-state index contributed by atoms with van der Waals surface area (Å²) in [6, 6.07) is 0.